The normalized spacial score (nSPS) is 20.0. The summed E-state index contributed by atoms with van der Waals surface area (Å²) < 4.78 is 52.5. The van der Waals surface area contributed by atoms with E-state index >= 15 is 0 Å². The Morgan fingerprint density at radius 2 is 1.98 bits per heavy atom. The van der Waals surface area contributed by atoms with Gasteiger partial charge >= 0.3 is 11.9 Å². The second kappa shape index (κ2) is 10.2. The van der Waals surface area contributed by atoms with E-state index in [1.807, 2.05) is 28.6 Å². The van der Waals surface area contributed by atoms with E-state index < -0.39 is 23.5 Å². The third-order valence-corrected chi connectivity index (χ3v) is 8.12. The van der Waals surface area contributed by atoms with Crippen LogP contribution in [0.5, 0.6) is 0 Å². The maximum Gasteiger partial charge on any atom is 0.418 e. The van der Waals surface area contributed by atoms with Crippen LogP contribution in [0.4, 0.5) is 13.2 Å². The molecule has 1 aromatic carbocycles. The lowest BCUT2D eigenvalue weighted by atomic mass is 9.75. The molecule has 0 spiro atoms. The van der Waals surface area contributed by atoms with Crippen molar-refractivity contribution in [2.24, 2.45) is 7.05 Å². The molecule has 12 heteroatoms. The van der Waals surface area contributed by atoms with Gasteiger partial charge in [0.25, 0.3) is 0 Å². The standard InChI is InChI=1S/C28H31F3N6O3/c1-34-18-32-33-25(34)12-27(16-40-17-27)20-4-2-5-21(11-20)36-15-24-23(28(29,30)31)10-19(14-37(24)26(36)39)13-35-8-3-6-22(38)7-9-35/h2,4-5,10-11,14-15,18,22,38H,3,6-9,12-13,16-17H2,1H3. The largest absolute Gasteiger partial charge is 0.418 e. The van der Waals surface area contributed by atoms with Crippen molar-refractivity contribution in [1.82, 2.24) is 28.6 Å². The predicted molar refractivity (Wildman–Crippen MR) is 140 cm³/mol. The highest BCUT2D eigenvalue weighted by Crippen LogP contribution is 2.37. The quantitative estimate of drug-likeness (QED) is 0.393. The van der Waals surface area contributed by atoms with Gasteiger partial charge in [-0.2, -0.15) is 13.2 Å². The molecule has 0 bridgehead atoms. The van der Waals surface area contributed by atoms with Crippen molar-refractivity contribution in [3.05, 3.63) is 82.1 Å². The number of benzene rings is 1. The van der Waals surface area contributed by atoms with Gasteiger partial charge in [0, 0.05) is 44.4 Å². The molecule has 1 atom stereocenters. The average Bonchev–Trinajstić information content (AvgIpc) is 3.38. The highest BCUT2D eigenvalue weighted by Gasteiger charge is 2.42. The predicted octanol–water partition coefficient (Wildman–Crippen LogP) is 3.10. The third kappa shape index (κ3) is 4.95. The van der Waals surface area contributed by atoms with Crippen LogP contribution in [0.25, 0.3) is 11.2 Å². The summed E-state index contributed by atoms with van der Waals surface area (Å²) in [6.07, 6.45) is 1.97. The number of aromatic nitrogens is 5. The van der Waals surface area contributed by atoms with E-state index in [4.69, 9.17) is 4.74 Å². The second-order valence-electron chi connectivity index (χ2n) is 11.0. The molecule has 9 nitrogen and oxygen atoms in total. The number of aliphatic hydroxyl groups is 1. The fraction of sp³-hybridized carbons (Fsp3) is 0.464. The number of hydrogen-bond acceptors (Lipinski definition) is 6. The monoisotopic (exact) mass is 556 g/mol. The molecule has 212 valence electrons. The SMILES string of the molecule is Cn1cnnc1CC1(c2cccc(-n3cc4c(C(F)(F)F)cc(CN5CCCC(O)CC5)cn4c3=O)c2)COC1. The van der Waals surface area contributed by atoms with Gasteiger partial charge in [0.1, 0.15) is 12.2 Å². The summed E-state index contributed by atoms with van der Waals surface area (Å²) in [6, 6.07) is 8.45. The van der Waals surface area contributed by atoms with Gasteiger partial charge < -0.3 is 14.4 Å². The van der Waals surface area contributed by atoms with Crippen LogP contribution in [0.3, 0.4) is 0 Å². The molecule has 4 aromatic rings. The molecule has 2 aliphatic heterocycles. The van der Waals surface area contributed by atoms with Crippen LogP contribution in [0.15, 0.2) is 53.8 Å². The molecule has 0 amide bonds. The summed E-state index contributed by atoms with van der Waals surface area (Å²) >= 11 is 0. The Kier molecular flexibility index (Phi) is 6.79. The first-order chi connectivity index (χ1) is 19.1. The van der Waals surface area contributed by atoms with Gasteiger partial charge in [-0.25, -0.2) is 4.79 Å². The molecular formula is C28H31F3N6O3. The van der Waals surface area contributed by atoms with Crippen LogP contribution in [0.2, 0.25) is 0 Å². The molecule has 3 aromatic heterocycles. The number of fused-ring (bicyclic) bond motifs is 1. The zero-order valence-corrected chi connectivity index (χ0v) is 22.1. The first kappa shape index (κ1) is 26.7. The summed E-state index contributed by atoms with van der Waals surface area (Å²) in [6.45, 7) is 2.46. The second-order valence-corrected chi connectivity index (χ2v) is 11.0. The Bertz CT molecular complexity index is 1590. The number of halogens is 3. The van der Waals surface area contributed by atoms with Crippen molar-refractivity contribution in [1.29, 1.82) is 0 Å². The van der Waals surface area contributed by atoms with E-state index in [9.17, 15) is 23.1 Å². The van der Waals surface area contributed by atoms with E-state index in [0.29, 0.717) is 56.8 Å². The molecule has 0 radical (unpaired) electrons. The fourth-order valence-corrected chi connectivity index (χ4v) is 5.77. The topological polar surface area (TPSA) is 89.8 Å². The minimum atomic E-state index is -4.64. The van der Waals surface area contributed by atoms with Gasteiger partial charge in [-0.1, -0.05) is 12.1 Å². The van der Waals surface area contributed by atoms with Gasteiger partial charge in [-0.05, 0) is 55.1 Å². The number of imidazole rings is 1. The Hall–Kier alpha value is -3.48. The highest BCUT2D eigenvalue weighted by molar-refractivity contribution is 5.58. The van der Waals surface area contributed by atoms with E-state index in [1.54, 1.807) is 18.5 Å². The lowest BCUT2D eigenvalue weighted by molar-refractivity contribution is -0.136. The van der Waals surface area contributed by atoms with E-state index in [-0.39, 0.29) is 17.5 Å². The molecule has 1 N–H and O–H groups in total. The molecule has 6 rings (SSSR count). The van der Waals surface area contributed by atoms with E-state index in [2.05, 4.69) is 10.2 Å². The van der Waals surface area contributed by atoms with Crippen molar-refractivity contribution in [2.45, 2.75) is 49.9 Å². The zero-order chi connectivity index (χ0) is 28.1. The average molecular weight is 557 g/mol. The summed E-state index contributed by atoms with van der Waals surface area (Å²) in [7, 11) is 1.87. The molecule has 2 aliphatic rings. The van der Waals surface area contributed by atoms with E-state index in [1.165, 1.54) is 17.0 Å². The molecule has 0 saturated carbocycles. The summed E-state index contributed by atoms with van der Waals surface area (Å²) in [4.78, 5) is 15.6. The number of hydrogen-bond donors (Lipinski definition) is 1. The molecule has 1 unspecified atom stereocenters. The van der Waals surface area contributed by atoms with Crippen LogP contribution in [0.1, 0.15) is 41.8 Å². The van der Waals surface area contributed by atoms with Gasteiger partial charge in [-0.3, -0.25) is 13.9 Å². The number of aryl methyl sites for hydroxylation is 1. The molecule has 0 aliphatic carbocycles. The lowest BCUT2D eigenvalue weighted by Crippen LogP contribution is -2.49. The lowest BCUT2D eigenvalue weighted by Gasteiger charge is -2.41. The molecule has 2 saturated heterocycles. The van der Waals surface area contributed by atoms with Gasteiger partial charge in [-0.15, -0.1) is 10.2 Å². The Morgan fingerprint density at radius 1 is 1.15 bits per heavy atom. The van der Waals surface area contributed by atoms with Crippen molar-refractivity contribution in [3.8, 4) is 5.69 Å². The Labute approximate surface area is 228 Å². The smallest absolute Gasteiger partial charge is 0.393 e. The summed E-state index contributed by atoms with van der Waals surface area (Å²) in [5.41, 5.74) is -0.188. The number of nitrogens with zero attached hydrogens (tertiary/aromatic N) is 6. The van der Waals surface area contributed by atoms with Gasteiger partial charge in [0.15, 0.2) is 0 Å². The molecule has 2 fully saturated rings. The number of pyridine rings is 1. The maximum absolute atomic E-state index is 14.2. The minimum Gasteiger partial charge on any atom is -0.393 e. The molecule has 5 heterocycles. The first-order valence-corrected chi connectivity index (χ1v) is 13.4. The van der Waals surface area contributed by atoms with Crippen LogP contribution in [0, 0.1) is 0 Å². The van der Waals surface area contributed by atoms with Crippen LogP contribution >= 0.6 is 0 Å². The van der Waals surface area contributed by atoms with Crippen molar-refractivity contribution >= 4 is 5.52 Å². The third-order valence-electron chi connectivity index (χ3n) is 8.12. The Morgan fingerprint density at radius 3 is 2.67 bits per heavy atom. The molecular weight excluding hydrogens is 525 g/mol. The van der Waals surface area contributed by atoms with Crippen molar-refractivity contribution in [3.63, 3.8) is 0 Å². The van der Waals surface area contributed by atoms with Gasteiger partial charge in [0.05, 0.1) is 36.1 Å². The Balaban J connectivity index is 1.38. The van der Waals surface area contributed by atoms with Gasteiger partial charge in [0.2, 0.25) is 0 Å². The first-order valence-electron chi connectivity index (χ1n) is 13.4. The minimum absolute atomic E-state index is 0.196. The van der Waals surface area contributed by atoms with Crippen molar-refractivity contribution < 1.29 is 23.0 Å². The summed E-state index contributed by atoms with van der Waals surface area (Å²) in [5.74, 6) is 0.793. The number of alkyl halides is 3. The number of likely N-dealkylation sites (tertiary alicyclic amines) is 1. The van der Waals surface area contributed by atoms with Crippen LogP contribution < -0.4 is 5.69 Å². The number of aliphatic hydroxyl groups excluding tert-OH is 1. The number of ether oxygens (including phenoxy) is 1. The molecule has 40 heavy (non-hydrogen) atoms. The van der Waals surface area contributed by atoms with Crippen LogP contribution in [-0.2, 0) is 36.3 Å². The fourth-order valence-electron chi connectivity index (χ4n) is 5.77. The van der Waals surface area contributed by atoms with E-state index in [0.717, 1.165) is 28.3 Å². The van der Waals surface area contributed by atoms with Crippen molar-refractivity contribution in [2.75, 3.05) is 26.3 Å². The highest BCUT2D eigenvalue weighted by atomic mass is 19.4. The maximum atomic E-state index is 14.2. The summed E-state index contributed by atoms with van der Waals surface area (Å²) in [5, 5.41) is 18.1. The zero-order valence-electron chi connectivity index (χ0n) is 22.1. The number of rotatable bonds is 6. The van der Waals surface area contributed by atoms with Crippen LogP contribution in [-0.4, -0.2) is 66.1 Å².